The summed E-state index contributed by atoms with van der Waals surface area (Å²) in [7, 11) is 1.54. The number of carbonyl (C=O) groups is 2. The number of halogens is 1. The predicted molar refractivity (Wildman–Crippen MR) is 95.1 cm³/mol. The standard InChI is InChI=1S/C19H19FN2O4/c1-25-17-9-6-14(11-16(17)22-10-2-3-19(22)24)21-18(23)12-26-15-7-4-13(20)5-8-15/h4-9,11H,2-3,10,12H2,1H3,(H,21,23). The van der Waals surface area contributed by atoms with Crippen LogP contribution in [0.2, 0.25) is 0 Å². The third kappa shape index (κ3) is 4.11. The second-order valence-corrected chi connectivity index (χ2v) is 5.83. The topological polar surface area (TPSA) is 67.9 Å². The molecule has 1 fully saturated rings. The van der Waals surface area contributed by atoms with Crippen molar-refractivity contribution >= 4 is 23.2 Å². The summed E-state index contributed by atoms with van der Waals surface area (Å²) in [6, 6.07) is 10.5. The van der Waals surface area contributed by atoms with Crippen LogP contribution in [-0.2, 0) is 9.59 Å². The molecule has 0 aliphatic carbocycles. The van der Waals surface area contributed by atoms with Crippen LogP contribution in [0.15, 0.2) is 42.5 Å². The first-order chi connectivity index (χ1) is 12.6. The first-order valence-electron chi connectivity index (χ1n) is 8.23. The lowest BCUT2D eigenvalue weighted by Gasteiger charge is -2.20. The van der Waals surface area contributed by atoms with E-state index >= 15 is 0 Å². The number of carbonyl (C=O) groups excluding carboxylic acids is 2. The van der Waals surface area contributed by atoms with Crippen LogP contribution in [0.3, 0.4) is 0 Å². The molecule has 0 unspecified atom stereocenters. The summed E-state index contributed by atoms with van der Waals surface area (Å²) < 4.78 is 23.5. The van der Waals surface area contributed by atoms with Crippen molar-refractivity contribution in [2.75, 3.05) is 30.5 Å². The maximum Gasteiger partial charge on any atom is 0.262 e. The third-order valence-electron chi connectivity index (χ3n) is 4.01. The smallest absolute Gasteiger partial charge is 0.262 e. The van der Waals surface area contributed by atoms with Crippen molar-refractivity contribution < 1.29 is 23.5 Å². The van der Waals surface area contributed by atoms with E-state index in [1.165, 1.54) is 31.4 Å². The zero-order valence-corrected chi connectivity index (χ0v) is 14.3. The number of nitrogens with one attached hydrogen (secondary N) is 1. The number of ether oxygens (including phenoxy) is 2. The van der Waals surface area contributed by atoms with Gasteiger partial charge in [0.2, 0.25) is 5.91 Å². The Balaban J connectivity index is 1.66. The number of rotatable bonds is 6. The van der Waals surface area contributed by atoms with E-state index in [0.29, 0.717) is 35.8 Å². The van der Waals surface area contributed by atoms with Gasteiger partial charge in [-0.2, -0.15) is 0 Å². The van der Waals surface area contributed by atoms with Gasteiger partial charge in [-0.25, -0.2) is 4.39 Å². The quantitative estimate of drug-likeness (QED) is 0.862. The predicted octanol–water partition coefficient (Wildman–Crippen LogP) is 2.98. The first kappa shape index (κ1) is 17.7. The Kier molecular flexibility index (Phi) is 5.36. The lowest BCUT2D eigenvalue weighted by molar-refractivity contribution is -0.118. The van der Waals surface area contributed by atoms with Crippen LogP contribution in [0.4, 0.5) is 15.8 Å². The van der Waals surface area contributed by atoms with Gasteiger partial charge in [0.05, 0.1) is 12.8 Å². The number of anilines is 2. The molecule has 7 heteroatoms. The van der Waals surface area contributed by atoms with Crippen molar-refractivity contribution in [3.05, 3.63) is 48.3 Å². The Morgan fingerprint density at radius 1 is 1.23 bits per heavy atom. The van der Waals surface area contributed by atoms with Crippen LogP contribution < -0.4 is 19.7 Å². The molecule has 1 saturated heterocycles. The van der Waals surface area contributed by atoms with Crippen LogP contribution in [0.1, 0.15) is 12.8 Å². The molecule has 3 rings (SSSR count). The maximum atomic E-state index is 12.9. The molecule has 1 aliphatic rings. The van der Waals surface area contributed by atoms with E-state index in [1.54, 1.807) is 23.1 Å². The van der Waals surface area contributed by atoms with Gasteiger partial charge < -0.3 is 19.7 Å². The summed E-state index contributed by atoms with van der Waals surface area (Å²) in [5.74, 6) is 0.272. The minimum atomic E-state index is -0.371. The molecule has 0 saturated carbocycles. The van der Waals surface area contributed by atoms with Crippen molar-refractivity contribution in [3.63, 3.8) is 0 Å². The fourth-order valence-corrected chi connectivity index (χ4v) is 2.76. The fraction of sp³-hybridized carbons (Fsp3) is 0.263. The van der Waals surface area contributed by atoms with Crippen LogP contribution in [0.5, 0.6) is 11.5 Å². The third-order valence-corrected chi connectivity index (χ3v) is 4.01. The highest BCUT2D eigenvalue weighted by atomic mass is 19.1. The maximum absolute atomic E-state index is 12.9. The number of hydrogen-bond acceptors (Lipinski definition) is 4. The number of amides is 2. The van der Waals surface area contributed by atoms with Gasteiger partial charge >= 0.3 is 0 Å². The molecule has 0 atom stereocenters. The molecule has 0 aromatic heterocycles. The molecule has 136 valence electrons. The van der Waals surface area contributed by atoms with E-state index in [1.807, 2.05) is 0 Å². The van der Waals surface area contributed by atoms with E-state index in [9.17, 15) is 14.0 Å². The highest BCUT2D eigenvalue weighted by Crippen LogP contribution is 2.34. The van der Waals surface area contributed by atoms with E-state index in [2.05, 4.69) is 5.32 Å². The Hall–Kier alpha value is -3.09. The van der Waals surface area contributed by atoms with Gasteiger partial charge in [-0.3, -0.25) is 9.59 Å². The lowest BCUT2D eigenvalue weighted by Crippen LogP contribution is -2.25. The van der Waals surface area contributed by atoms with Crippen LogP contribution in [-0.4, -0.2) is 32.1 Å². The van der Waals surface area contributed by atoms with Gasteiger partial charge in [-0.05, 0) is 48.9 Å². The molecule has 1 heterocycles. The minimum Gasteiger partial charge on any atom is -0.495 e. The van der Waals surface area contributed by atoms with E-state index in [4.69, 9.17) is 9.47 Å². The van der Waals surface area contributed by atoms with Crippen molar-refractivity contribution in [1.82, 2.24) is 0 Å². The molecule has 1 aliphatic heterocycles. The Morgan fingerprint density at radius 3 is 2.65 bits per heavy atom. The van der Waals surface area contributed by atoms with Gasteiger partial charge in [0, 0.05) is 18.7 Å². The average molecular weight is 358 g/mol. The second kappa shape index (κ2) is 7.86. The lowest BCUT2D eigenvalue weighted by atomic mass is 10.2. The summed E-state index contributed by atoms with van der Waals surface area (Å²) in [5, 5.41) is 2.72. The molecular formula is C19H19FN2O4. The second-order valence-electron chi connectivity index (χ2n) is 5.83. The van der Waals surface area contributed by atoms with Crippen molar-refractivity contribution in [3.8, 4) is 11.5 Å². The van der Waals surface area contributed by atoms with Crippen molar-refractivity contribution in [2.45, 2.75) is 12.8 Å². The average Bonchev–Trinajstić information content (AvgIpc) is 3.07. The summed E-state index contributed by atoms with van der Waals surface area (Å²) >= 11 is 0. The first-order valence-corrected chi connectivity index (χ1v) is 8.23. The SMILES string of the molecule is COc1ccc(NC(=O)COc2ccc(F)cc2)cc1N1CCCC1=O. The monoisotopic (exact) mass is 358 g/mol. The minimum absolute atomic E-state index is 0.0337. The van der Waals surface area contributed by atoms with Crippen molar-refractivity contribution in [2.24, 2.45) is 0 Å². The molecule has 0 bridgehead atoms. The molecule has 1 N–H and O–H groups in total. The summed E-state index contributed by atoms with van der Waals surface area (Å²) in [5.41, 5.74) is 1.17. The molecule has 0 spiro atoms. The van der Waals surface area contributed by atoms with Crippen LogP contribution in [0.25, 0.3) is 0 Å². The van der Waals surface area contributed by atoms with Crippen molar-refractivity contribution in [1.29, 1.82) is 0 Å². The van der Waals surface area contributed by atoms with Crippen LogP contribution >= 0.6 is 0 Å². The van der Waals surface area contributed by atoms with E-state index in [0.717, 1.165) is 6.42 Å². The van der Waals surface area contributed by atoms with Gasteiger partial charge in [-0.1, -0.05) is 0 Å². The summed E-state index contributed by atoms with van der Waals surface area (Å²) in [6.07, 6.45) is 1.30. The Labute approximate surface area is 150 Å². The van der Waals surface area contributed by atoms with Gasteiger partial charge in [0.15, 0.2) is 6.61 Å². The summed E-state index contributed by atoms with van der Waals surface area (Å²) in [6.45, 7) is 0.413. The number of hydrogen-bond donors (Lipinski definition) is 1. The largest absolute Gasteiger partial charge is 0.495 e. The normalized spacial score (nSPS) is 13.6. The van der Waals surface area contributed by atoms with E-state index in [-0.39, 0.29) is 24.2 Å². The molecule has 26 heavy (non-hydrogen) atoms. The number of methoxy groups -OCH3 is 1. The molecular weight excluding hydrogens is 339 g/mol. The zero-order valence-electron chi connectivity index (χ0n) is 14.3. The van der Waals surface area contributed by atoms with Gasteiger partial charge in [0.1, 0.15) is 17.3 Å². The van der Waals surface area contributed by atoms with E-state index < -0.39 is 0 Å². The Morgan fingerprint density at radius 2 is 2.00 bits per heavy atom. The summed E-state index contributed by atoms with van der Waals surface area (Å²) in [4.78, 5) is 25.7. The zero-order chi connectivity index (χ0) is 18.5. The number of benzene rings is 2. The molecule has 2 aromatic rings. The molecule has 6 nitrogen and oxygen atoms in total. The number of nitrogens with zero attached hydrogens (tertiary/aromatic N) is 1. The molecule has 0 radical (unpaired) electrons. The van der Waals surface area contributed by atoms with Gasteiger partial charge in [0.25, 0.3) is 5.91 Å². The Bertz CT molecular complexity index is 808. The van der Waals surface area contributed by atoms with Gasteiger partial charge in [-0.15, -0.1) is 0 Å². The molecule has 2 amide bonds. The van der Waals surface area contributed by atoms with Crippen LogP contribution in [0, 0.1) is 5.82 Å². The fourth-order valence-electron chi connectivity index (χ4n) is 2.76. The molecule has 2 aromatic carbocycles. The highest BCUT2D eigenvalue weighted by molar-refractivity contribution is 5.98. The highest BCUT2D eigenvalue weighted by Gasteiger charge is 2.24.